The van der Waals surface area contributed by atoms with Crippen molar-refractivity contribution in [2.75, 3.05) is 13.1 Å². The predicted octanol–water partition coefficient (Wildman–Crippen LogP) is 1.37. The molecule has 0 saturated carbocycles. The van der Waals surface area contributed by atoms with Gasteiger partial charge in [-0.05, 0) is 24.3 Å². The number of aromatic nitrogens is 3. The Hall–Kier alpha value is -1.25. The first-order chi connectivity index (χ1) is 9.18. The van der Waals surface area contributed by atoms with Crippen LogP contribution in [0, 0.1) is 0 Å². The Kier molecular flexibility index (Phi) is 3.38. The topological polar surface area (TPSA) is 68.1 Å². The van der Waals surface area contributed by atoms with Crippen LogP contribution in [0.4, 0.5) is 0 Å². The van der Waals surface area contributed by atoms with Crippen molar-refractivity contribution in [2.45, 2.75) is 23.1 Å². The van der Waals surface area contributed by atoms with Gasteiger partial charge in [0.2, 0.25) is 0 Å². The average Bonchev–Trinajstić information content (AvgIpc) is 3.12. The lowest BCUT2D eigenvalue weighted by Gasteiger charge is -2.30. The van der Waals surface area contributed by atoms with Gasteiger partial charge in [-0.1, -0.05) is 11.3 Å². The Balaban J connectivity index is 1.71. The molecule has 0 spiro atoms. The summed E-state index contributed by atoms with van der Waals surface area (Å²) < 4.78 is 28.5. The number of nitrogens with zero attached hydrogens (tertiary/aromatic N) is 4. The van der Waals surface area contributed by atoms with Gasteiger partial charge in [0, 0.05) is 19.3 Å². The summed E-state index contributed by atoms with van der Waals surface area (Å²) in [7, 11) is -3.30. The quantitative estimate of drug-likeness (QED) is 0.858. The van der Waals surface area contributed by atoms with Crippen LogP contribution in [0.25, 0.3) is 0 Å². The van der Waals surface area contributed by atoms with Crippen LogP contribution in [0.2, 0.25) is 0 Å². The molecular weight excluding hydrogens is 284 g/mol. The summed E-state index contributed by atoms with van der Waals surface area (Å²) in [5.74, 6) is 0. The van der Waals surface area contributed by atoms with E-state index < -0.39 is 10.0 Å². The minimum absolute atomic E-state index is 0.247. The second-order valence-corrected chi connectivity index (χ2v) is 7.56. The molecule has 6 nitrogen and oxygen atoms in total. The summed E-state index contributed by atoms with van der Waals surface area (Å²) in [6, 6.07) is 3.67. The first-order valence-corrected chi connectivity index (χ1v) is 8.39. The Labute approximate surface area is 115 Å². The van der Waals surface area contributed by atoms with E-state index in [1.165, 1.54) is 11.3 Å². The van der Waals surface area contributed by atoms with Crippen molar-refractivity contribution in [3.8, 4) is 0 Å². The number of rotatable bonds is 3. The zero-order valence-corrected chi connectivity index (χ0v) is 11.8. The van der Waals surface area contributed by atoms with Crippen molar-refractivity contribution >= 4 is 21.4 Å². The summed E-state index contributed by atoms with van der Waals surface area (Å²) in [6.07, 6.45) is 5.02. The van der Waals surface area contributed by atoms with E-state index in [9.17, 15) is 8.42 Å². The van der Waals surface area contributed by atoms with Gasteiger partial charge < -0.3 is 0 Å². The highest BCUT2D eigenvalue weighted by molar-refractivity contribution is 7.91. The molecule has 19 heavy (non-hydrogen) atoms. The monoisotopic (exact) mass is 298 g/mol. The van der Waals surface area contributed by atoms with Crippen molar-refractivity contribution in [1.29, 1.82) is 0 Å². The smallest absolute Gasteiger partial charge is 0.249 e. The molecule has 3 heterocycles. The van der Waals surface area contributed by atoms with Crippen LogP contribution in [-0.4, -0.2) is 40.8 Å². The van der Waals surface area contributed by atoms with Crippen LogP contribution in [0.15, 0.2) is 34.1 Å². The van der Waals surface area contributed by atoms with E-state index in [0.717, 1.165) is 12.8 Å². The van der Waals surface area contributed by atoms with Gasteiger partial charge in [-0.15, -0.1) is 16.4 Å². The van der Waals surface area contributed by atoms with E-state index >= 15 is 0 Å². The second-order valence-electron chi connectivity index (χ2n) is 4.45. The largest absolute Gasteiger partial charge is 0.252 e. The minimum atomic E-state index is -3.30. The van der Waals surface area contributed by atoms with E-state index in [2.05, 4.69) is 10.3 Å². The van der Waals surface area contributed by atoms with Crippen molar-refractivity contribution in [3.05, 3.63) is 29.9 Å². The Morgan fingerprint density at radius 3 is 2.68 bits per heavy atom. The molecule has 1 aliphatic rings. The summed E-state index contributed by atoms with van der Waals surface area (Å²) in [5, 5.41) is 9.55. The van der Waals surface area contributed by atoms with Crippen LogP contribution in [-0.2, 0) is 10.0 Å². The molecule has 0 aliphatic carbocycles. The number of sulfonamides is 1. The number of hydrogen-bond donors (Lipinski definition) is 0. The number of hydrogen-bond acceptors (Lipinski definition) is 5. The lowest BCUT2D eigenvalue weighted by Crippen LogP contribution is -2.38. The molecule has 0 bridgehead atoms. The lowest BCUT2D eigenvalue weighted by molar-refractivity contribution is 0.259. The van der Waals surface area contributed by atoms with Crippen LogP contribution >= 0.6 is 11.3 Å². The predicted molar refractivity (Wildman–Crippen MR) is 71.4 cm³/mol. The lowest BCUT2D eigenvalue weighted by atomic mass is 10.1. The van der Waals surface area contributed by atoms with Gasteiger partial charge in [-0.25, -0.2) is 13.1 Å². The van der Waals surface area contributed by atoms with Gasteiger partial charge in [0.05, 0.1) is 12.2 Å². The van der Waals surface area contributed by atoms with Gasteiger partial charge in [0.1, 0.15) is 4.21 Å². The second kappa shape index (κ2) is 5.03. The summed E-state index contributed by atoms with van der Waals surface area (Å²) >= 11 is 1.26. The van der Waals surface area contributed by atoms with Gasteiger partial charge in [-0.3, -0.25) is 0 Å². The fraction of sp³-hybridized carbons (Fsp3) is 0.455. The van der Waals surface area contributed by atoms with Gasteiger partial charge >= 0.3 is 0 Å². The SMILES string of the molecule is O=S(=O)(c1cccs1)N1CCC(n2ccnn2)CC1. The molecular formula is C11H14N4O2S2. The molecule has 1 aliphatic heterocycles. The molecule has 1 fully saturated rings. The molecule has 8 heteroatoms. The maximum atomic E-state index is 12.3. The van der Waals surface area contributed by atoms with E-state index in [1.54, 1.807) is 28.0 Å². The van der Waals surface area contributed by atoms with Crippen molar-refractivity contribution < 1.29 is 8.42 Å². The maximum absolute atomic E-state index is 12.3. The maximum Gasteiger partial charge on any atom is 0.252 e. The molecule has 0 radical (unpaired) electrons. The standard InChI is InChI=1S/C11H14N4O2S2/c16-19(17,11-2-1-9-18-11)14-6-3-10(4-7-14)15-8-5-12-13-15/h1-2,5,8-10H,3-4,6-7H2. The van der Waals surface area contributed by atoms with E-state index in [-0.39, 0.29) is 6.04 Å². The number of piperidine rings is 1. The normalized spacial score (nSPS) is 18.7. The summed E-state index contributed by atoms with van der Waals surface area (Å²) in [5.41, 5.74) is 0. The zero-order chi connectivity index (χ0) is 13.3. The average molecular weight is 298 g/mol. The van der Waals surface area contributed by atoms with Gasteiger partial charge in [-0.2, -0.15) is 4.31 Å². The molecule has 2 aromatic heterocycles. The van der Waals surface area contributed by atoms with Crippen LogP contribution in [0.1, 0.15) is 18.9 Å². The van der Waals surface area contributed by atoms with E-state index in [1.807, 2.05) is 10.9 Å². The molecule has 0 aromatic carbocycles. The fourth-order valence-electron chi connectivity index (χ4n) is 2.30. The summed E-state index contributed by atoms with van der Waals surface area (Å²) in [4.78, 5) is 0. The van der Waals surface area contributed by atoms with E-state index in [0.29, 0.717) is 17.3 Å². The Morgan fingerprint density at radius 1 is 1.32 bits per heavy atom. The minimum Gasteiger partial charge on any atom is -0.249 e. The molecule has 1 saturated heterocycles. The highest BCUT2D eigenvalue weighted by Gasteiger charge is 2.30. The molecule has 0 unspecified atom stereocenters. The first-order valence-electron chi connectivity index (χ1n) is 6.07. The fourth-order valence-corrected chi connectivity index (χ4v) is 4.91. The Morgan fingerprint density at radius 2 is 2.11 bits per heavy atom. The van der Waals surface area contributed by atoms with Gasteiger partial charge in [0.25, 0.3) is 10.0 Å². The molecule has 102 valence electrons. The molecule has 0 amide bonds. The van der Waals surface area contributed by atoms with Crippen molar-refractivity contribution in [1.82, 2.24) is 19.3 Å². The molecule has 0 atom stereocenters. The highest BCUT2D eigenvalue weighted by Crippen LogP contribution is 2.27. The third-order valence-corrected chi connectivity index (χ3v) is 6.60. The van der Waals surface area contributed by atoms with Crippen molar-refractivity contribution in [3.63, 3.8) is 0 Å². The van der Waals surface area contributed by atoms with Crippen LogP contribution in [0.3, 0.4) is 0 Å². The van der Waals surface area contributed by atoms with Crippen molar-refractivity contribution in [2.24, 2.45) is 0 Å². The third-order valence-electron chi connectivity index (χ3n) is 3.33. The first kappa shape index (κ1) is 12.8. The molecule has 0 N–H and O–H groups in total. The van der Waals surface area contributed by atoms with E-state index in [4.69, 9.17) is 0 Å². The molecule has 2 aromatic rings. The summed E-state index contributed by atoms with van der Waals surface area (Å²) in [6.45, 7) is 1.07. The molecule has 3 rings (SSSR count). The zero-order valence-electron chi connectivity index (χ0n) is 10.2. The van der Waals surface area contributed by atoms with Crippen LogP contribution < -0.4 is 0 Å². The Bertz CT molecular complexity index is 614. The third kappa shape index (κ3) is 2.43. The van der Waals surface area contributed by atoms with Gasteiger partial charge in [0.15, 0.2) is 0 Å². The number of thiophene rings is 1. The highest BCUT2D eigenvalue weighted by atomic mass is 32.2. The van der Waals surface area contributed by atoms with Crippen LogP contribution in [0.5, 0.6) is 0 Å².